The van der Waals surface area contributed by atoms with Crippen LogP contribution in [0, 0.1) is 18.3 Å². The molecule has 0 radical (unpaired) electrons. The Kier molecular flexibility index (Phi) is 5.93. The zero-order valence-corrected chi connectivity index (χ0v) is 19.8. The van der Waals surface area contributed by atoms with E-state index >= 15 is 0 Å². The number of nitrogens with one attached hydrogen (secondary N) is 1. The van der Waals surface area contributed by atoms with E-state index in [4.69, 9.17) is 9.52 Å². The number of carbonyl (C=O) groups is 1. The predicted octanol–water partition coefficient (Wildman–Crippen LogP) is 5.30. The smallest absolute Gasteiger partial charge is 0.268 e. The summed E-state index contributed by atoms with van der Waals surface area (Å²) >= 11 is 0. The first kappa shape index (κ1) is 22.2. The summed E-state index contributed by atoms with van der Waals surface area (Å²) in [5.74, 6) is 1.70. The maximum absolute atomic E-state index is 13.1. The molecule has 0 spiro atoms. The van der Waals surface area contributed by atoms with Gasteiger partial charge in [0.15, 0.2) is 0 Å². The fourth-order valence-corrected chi connectivity index (χ4v) is 5.02. The van der Waals surface area contributed by atoms with Gasteiger partial charge in [0.05, 0.1) is 5.69 Å². The molecule has 4 rings (SSSR count). The summed E-state index contributed by atoms with van der Waals surface area (Å²) in [6.07, 6.45) is 3.24. The molecule has 2 aromatic heterocycles. The van der Waals surface area contributed by atoms with Crippen LogP contribution in [0.15, 0.2) is 34.7 Å². The first-order valence-electron chi connectivity index (χ1n) is 11.4. The molecule has 0 aliphatic heterocycles. The minimum atomic E-state index is -0.0345. The van der Waals surface area contributed by atoms with Crippen LogP contribution in [0.1, 0.15) is 81.7 Å². The average molecular weight is 436 g/mol. The second kappa shape index (κ2) is 8.52. The Morgan fingerprint density at radius 1 is 1.22 bits per heavy atom. The summed E-state index contributed by atoms with van der Waals surface area (Å²) < 4.78 is 7.43. The second-order valence-electron chi connectivity index (χ2n) is 10.3. The molecule has 7 heteroatoms. The maximum atomic E-state index is 13.1. The molecule has 0 bridgehead atoms. The summed E-state index contributed by atoms with van der Waals surface area (Å²) in [5.41, 5.74) is 3.36. The van der Waals surface area contributed by atoms with Gasteiger partial charge >= 0.3 is 0 Å². The van der Waals surface area contributed by atoms with Gasteiger partial charge in [-0.25, -0.2) is 4.68 Å². The fourth-order valence-electron chi connectivity index (χ4n) is 5.02. The van der Waals surface area contributed by atoms with Crippen molar-refractivity contribution in [1.82, 2.24) is 25.3 Å². The number of hydrogen-bond acceptors (Lipinski definition) is 5. The lowest BCUT2D eigenvalue weighted by atomic mass is 9.70. The third kappa shape index (κ3) is 4.76. The van der Waals surface area contributed by atoms with E-state index in [-0.39, 0.29) is 23.3 Å². The first-order valence-corrected chi connectivity index (χ1v) is 11.4. The molecule has 0 saturated heterocycles. The van der Waals surface area contributed by atoms with Gasteiger partial charge in [-0.1, -0.05) is 40.7 Å². The summed E-state index contributed by atoms with van der Waals surface area (Å²) in [6.45, 7) is 12.8. The molecule has 1 fully saturated rings. The van der Waals surface area contributed by atoms with Gasteiger partial charge in [0.1, 0.15) is 5.69 Å². The SMILES string of the molecule is Cc1nnc(-c2cc(C(C)C)n(-c3cccc(C(=O)N[C@@H]4C[C@@H](C)CC(C)(C)C4)c3)n2)o1. The van der Waals surface area contributed by atoms with Crippen LogP contribution in [0.3, 0.4) is 0 Å². The highest BCUT2D eigenvalue weighted by Crippen LogP contribution is 2.38. The first-order chi connectivity index (χ1) is 15.1. The van der Waals surface area contributed by atoms with Gasteiger partial charge in [0.25, 0.3) is 11.8 Å². The van der Waals surface area contributed by atoms with Crippen LogP contribution in [-0.4, -0.2) is 31.9 Å². The number of amides is 1. The number of hydrogen-bond donors (Lipinski definition) is 1. The molecular weight excluding hydrogens is 402 g/mol. The number of nitrogens with zero attached hydrogens (tertiary/aromatic N) is 4. The van der Waals surface area contributed by atoms with Gasteiger partial charge in [-0.3, -0.25) is 4.79 Å². The Morgan fingerprint density at radius 2 is 2.00 bits per heavy atom. The van der Waals surface area contributed by atoms with E-state index in [1.807, 2.05) is 35.0 Å². The molecule has 170 valence electrons. The van der Waals surface area contributed by atoms with Crippen molar-refractivity contribution in [3.8, 4) is 17.3 Å². The highest BCUT2D eigenvalue weighted by Gasteiger charge is 2.32. The molecular formula is C25H33N5O2. The van der Waals surface area contributed by atoms with Crippen LogP contribution in [0.25, 0.3) is 17.3 Å². The summed E-state index contributed by atoms with van der Waals surface area (Å²) in [5, 5.41) is 16.0. The van der Waals surface area contributed by atoms with Crippen LogP contribution in [0.4, 0.5) is 0 Å². The van der Waals surface area contributed by atoms with Crippen molar-refractivity contribution in [1.29, 1.82) is 0 Å². The van der Waals surface area contributed by atoms with Gasteiger partial charge in [0.2, 0.25) is 5.89 Å². The topological polar surface area (TPSA) is 85.8 Å². The Balaban J connectivity index is 1.60. The minimum absolute atomic E-state index is 0.0345. The molecule has 1 saturated carbocycles. The Labute approximate surface area is 189 Å². The second-order valence-corrected chi connectivity index (χ2v) is 10.3. The van der Waals surface area contributed by atoms with Crippen molar-refractivity contribution in [2.75, 3.05) is 0 Å². The molecule has 1 aromatic carbocycles. The van der Waals surface area contributed by atoms with E-state index in [2.05, 4.69) is 50.1 Å². The van der Waals surface area contributed by atoms with Crippen molar-refractivity contribution < 1.29 is 9.21 Å². The van der Waals surface area contributed by atoms with Gasteiger partial charge in [0, 0.05) is 24.2 Å². The van der Waals surface area contributed by atoms with Crippen LogP contribution in [0.2, 0.25) is 0 Å². The zero-order chi connectivity index (χ0) is 23.0. The van der Waals surface area contributed by atoms with E-state index in [1.165, 1.54) is 6.42 Å². The molecule has 2 atom stereocenters. The lowest BCUT2D eigenvalue weighted by Gasteiger charge is -2.39. The molecule has 7 nitrogen and oxygen atoms in total. The summed E-state index contributed by atoms with van der Waals surface area (Å²) in [6, 6.07) is 9.79. The predicted molar refractivity (Wildman–Crippen MR) is 124 cm³/mol. The van der Waals surface area contributed by atoms with E-state index in [1.54, 1.807) is 6.92 Å². The van der Waals surface area contributed by atoms with Crippen molar-refractivity contribution in [3.63, 3.8) is 0 Å². The quantitative estimate of drug-likeness (QED) is 0.588. The van der Waals surface area contributed by atoms with E-state index in [0.29, 0.717) is 29.0 Å². The highest BCUT2D eigenvalue weighted by atomic mass is 16.4. The number of aryl methyl sites for hydroxylation is 1. The lowest BCUT2D eigenvalue weighted by Crippen LogP contribution is -2.43. The normalized spacial score (nSPS) is 20.5. The van der Waals surface area contributed by atoms with Crippen molar-refractivity contribution in [3.05, 3.63) is 47.5 Å². The lowest BCUT2D eigenvalue weighted by molar-refractivity contribution is 0.0874. The molecule has 0 unspecified atom stereocenters. The highest BCUT2D eigenvalue weighted by molar-refractivity contribution is 5.95. The average Bonchev–Trinajstić information content (AvgIpc) is 3.33. The third-order valence-electron chi connectivity index (χ3n) is 6.15. The molecule has 1 N–H and O–H groups in total. The van der Waals surface area contributed by atoms with Crippen LogP contribution >= 0.6 is 0 Å². The van der Waals surface area contributed by atoms with Gasteiger partial charge in [-0.15, -0.1) is 10.2 Å². The van der Waals surface area contributed by atoms with E-state index in [0.717, 1.165) is 24.2 Å². The van der Waals surface area contributed by atoms with Crippen molar-refractivity contribution in [2.45, 2.75) is 72.8 Å². The largest absolute Gasteiger partial charge is 0.420 e. The summed E-state index contributed by atoms with van der Waals surface area (Å²) in [4.78, 5) is 13.1. The van der Waals surface area contributed by atoms with Crippen molar-refractivity contribution >= 4 is 5.91 Å². The van der Waals surface area contributed by atoms with Crippen LogP contribution < -0.4 is 5.32 Å². The third-order valence-corrected chi connectivity index (χ3v) is 6.15. The standard InChI is InChI=1S/C25H33N5O2/c1-15(2)22-12-21(24-28-27-17(4)32-24)29-30(22)20-9-7-8-18(11-20)23(31)26-19-10-16(3)13-25(5,6)14-19/h7-9,11-12,15-16,19H,10,13-14H2,1-6H3,(H,26,31)/t16-,19-/m1/s1. The monoisotopic (exact) mass is 435 g/mol. The molecule has 3 aromatic rings. The number of aromatic nitrogens is 4. The number of rotatable bonds is 5. The molecule has 32 heavy (non-hydrogen) atoms. The Morgan fingerprint density at radius 3 is 2.66 bits per heavy atom. The van der Waals surface area contributed by atoms with E-state index in [9.17, 15) is 4.79 Å². The Hall–Kier alpha value is -2.96. The molecule has 1 amide bonds. The van der Waals surface area contributed by atoms with Gasteiger partial charge in [-0.05, 0) is 60.8 Å². The van der Waals surface area contributed by atoms with E-state index < -0.39 is 0 Å². The maximum Gasteiger partial charge on any atom is 0.268 e. The number of benzene rings is 1. The van der Waals surface area contributed by atoms with Crippen LogP contribution in [0.5, 0.6) is 0 Å². The van der Waals surface area contributed by atoms with Crippen LogP contribution in [-0.2, 0) is 0 Å². The Bertz CT molecular complexity index is 1110. The molecule has 1 aliphatic rings. The molecule has 1 aliphatic carbocycles. The van der Waals surface area contributed by atoms with Gasteiger partial charge in [-0.2, -0.15) is 5.10 Å². The zero-order valence-electron chi connectivity index (χ0n) is 19.8. The van der Waals surface area contributed by atoms with Crippen molar-refractivity contribution in [2.24, 2.45) is 11.3 Å². The fraction of sp³-hybridized carbons (Fsp3) is 0.520. The number of carbonyl (C=O) groups excluding carboxylic acids is 1. The minimum Gasteiger partial charge on any atom is -0.420 e. The van der Waals surface area contributed by atoms with Gasteiger partial charge < -0.3 is 9.73 Å². The molecule has 2 heterocycles. The summed E-state index contributed by atoms with van der Waals surface area (Å²) in [7, 11) is 0.